The van der Waals surface area contributed by atoms with Gasteiger partial charge in [-0.25, -0.2) is 4.79 Å². The second kappa shape index (κ2) is 7.95. The standard InChI is InChI=1S/C20H36N4O3/c1-4-27-16-14-20(21,19(16,2)3)17(25)23-10-12-24(13-11-23)18(26)22-15-8-6-5-7-9-15/h15-16H,4-14,21H2,1-3H3,(H,22,26). The van der Waals surface area contributed by atoms with Gasteiger partial charge in [-0.05, 0) is 19.8 Å². The first-order valence-electron chi connectivity index (χ1n) is 10.5. The van der Waals surface area contributed by atoms with E-state index in [4.69, 9.17) is 10.5 Å². The van der Waals surface area contributed by atoms with Crippen LogP contribution in [0.1, 0.15) is 59.3 Å². The van der Waals surface area contributed by atoms with Gasteiger partial charge in [-0.3, -0.25) is 4.79 Å². The van der Waals surface area contributed by atoms with Crippen molar-refractivity contribution in [3.63, 3.8) is 0 Å². The topological polar surface area (TPSA) is 87.9 Å². The Balaban J connectivity index is 1.50. The number of nitrogens with two attached hydrogens (primary N) is 1. The first-order valence-corrected chi connectivity index (χ1v) is 10.5. The number of rotatable bonds is 4. The molecule has 0 aromatic rings. The van der Waals surface area contributed by atoms with Gasteiger partial charge >= 0.3 is 6.03 Å². The molecule has 3 rings (SSSR count). The predicted octanol–water partition coefficient (Wildman–Crippen LogP) is 1.71. The van der Waals surface area contributed by atoms with Crippen molar-refractivity contribution in [1.29, 1.82) is 0 Å². The molecule has 3 aliphatic rings. The van der Waals surface area contributed by atoms with Crippen molar-refractivity contribution in [3.8, 4) is 0 Å². The average Bonchev–Trinajstić information content (AvgIpc) is 2.68. The maximum atomic E-state index is 13.1. The Labute approximate surface area is 163 Å². The van der Waals surface area contributed by atoms with Gasteiger partial charge in [0.1, 0.15) is 5.54 Å². The molecule has 2 saturated carbocycles. The normalized spacial score (nSPS) is 31.3. The number of ether oxygens (including phenoxy) is 1. The number of urea groups is 1. The number of carbonyl (C=O) groups is 2. The summed E-state index contributed by atoms with van der Waals surface area (Å²) in [7, 11) is 0. The van der Waals surface area contributed by atoms with Crippen LogP contribution in [0.5, 0.6) is 0 Å². The van der Waals surface area contributed by atoms with Gasteiger partial charge in [-0.2, -0.15) is 0 Å². The van der Waals surface area contributed by atoms with Crippen LogP contribution in [-0.4, -0.2) is 72.2 Å². The van der Waals surface area contributed by atoms with Crippen molar-refractivity contribution in [2.75, 3.05) is 32.8 Å². The molecule has 0 aromatic carbocycles. The Morgan fingerprint density at radius 2 is 1.67 bits per heavy atom. The van der Waals surface area contributed by atoms with Crippen LogP contribution in [0.15, 0.2) is 0 Å². The Morgan fingerprint density at radius 1 is 1.07 bits per heavy atom. The highest BCUT2D eigenvalue weighted by Crippen LogP contribution is 2.50. The van der Waals surface area contributed by atoms with Crippen LogP contribution in [0.3, 0.4) is 0 Å². The van der Waals surface area contributed by atoms with Crippen molar-refractivity contribution < 1.29 is 14.3 Å². The second-order valence-electron chi connectivity index (χ2n) is 8.90. The van der Waals surface area contributed by atoms with E-state index in [0.29, 0.717) is 45.2 Å². The lowest BCUT2D eigenvalue weighted by Crippen LogP contribution is -2.76. The Kier molecular flexibility index (Phi) is 6.01. The zero-order valence-electron chi connectivity index (χ0n) is 17.1. The lowest BCUT2D eigenvalue weighted by atomic mass is 9.54. The Morgan fingerprint density at radius 3 is 2.22 bits per heavy atom. The molecule has 2 aliphatic carbocycles. The second-order valence-corrected chi connectivity index (χ2v) is 8.90. The van der Waals surface area contributed by atoms with Gasteiger partial charge < -0.3 is 25.6 Å². The highest BCUT2D eigenvalue weighted by molar-refractivity contribution is 5.89. The highest BCUT2D eigenvalue weighted by atomic mass is 16.5. The highest BCUT2D eigenvalue weighted by Gasteiger charge is 2.63. The average molecular weight is 381 g/mol. The van der Waals surface area contributed by atoms with Crippen LogP contribution in [0.2, 0.25) is 0 Å². The van der Waals surface area contributed by atoms with E-state index < -0.39 is 5.54 Å². The quantitative estimate of drug-likeness (QED) is 0.777. The van der Waals surface area contributed by atoms with Crippen molar-refractivity contribution in [2.45, 2.75) is 77.0 Å². The molecule has 0 bridgehead atoms. The monoisotopic (exact) mass is 380 g/mol. The summed E-state index contributed by atoms with van der Waals surface area (Å²) in [5.41, 5.74) is 5.27. The van der Waals surface area contributed by atoms with E-state index in [-0.39, 0.29) is 23.5 Å². The first kappa shape index (κ1) is 20.4. The number of hydrogen-bond donors (Lipinski definition) is 2. The maximum Gasteiger partial charge on any atom is 0.317 e. The molecular weight excluding hydrogens is 344 g/mol. The predicted molar refractivity (Wildman–Crippen MR) is 104 cm³/mol. The van der Waals surface area contributed by atoms with Crippen molar-refractivity contribution >= 4 is 11.9 Å². The molecule has 0 spiro atoms. The minimum absolute atomic E-state index is 0.00390. The third kappa shape index (κ3) is 3.81. The Hall–Kier alpha value is -1.34. The number of nitrogens with one attached hydrogen (secondary N) is 1. The molecule has 3 fully saturated rings. The lowest BCUT2D eigenvalue weighted by molar-refractivity contribution is -0.180. The van der Waals surface area contributed by atoms with Crippen molar-refractivity contribution in [2.24, 2.45) is 11.1 Å². The molecule has 3 N–H and O–H groups in total. The summed E-state index contributed by atoms with van der Waals surface area (Å²) >= 11 is 0. The molecule has 2 unspecified atom stereocenters. The summed E-state index contributed by atoms with van der Waals surface area (Å²) in [5.74, 6) is -0.00390. The molecule has 2 atom stereocenters. The Bertz CT molecular complexity index is 553. The van der Waals surface area contributed by atoms with Crippen LogP contribution >= 0.6 is 0 Å². The van der Waals surface area contributed by atoms with Gasteiger partial charge in [0.2, 0.25) is 5.91 Å². The van der Waals surface area contributed by atoms with Gasteiger partial charge in [0.05, 0.1) is 6.10 Å². The van der Waals surface area contributed by atoms with Gasteiger partial charge in [0.25, 0.3) is 0 Å². The molecule has 0 aromatic heterocycles. The van der Waals surface area contributed by atoms with E-state index in [1.54, 1.807) is 0 Å². The minimum atomic E-state index is -0.876. The zero-order chi connectivity index (χ0) is 19.7. The van der Waals surface area contributed by atoms with E-state index in [1.165, 1.54) is 19.3 Å². The third-order valence-corrected chi connectivity index (χ3v) is 7.00. The summed E-state index contributed by atoms with van der Waals surface area (Å²) < 4.78 is 5.73. The first-order chi connectivity index (χ1) is 12.8. The summed E-state index contributed by atoms with van der Waals surface area (Å²) in [4.78, 5) is 29.2. The molecule has 154 valence electrons. The van der Waals surface area contributed by atoms with Crippen LogP contribution < -0.4 is 11.1 Å². The smallest absolute Gasteiger partial charge is 0.317 e. The van der Waals surface area contributed by atoms with Crippen LogP contribution in [0, 0.1) is 5.41 Å². The summed E-state index contributed by atoms with van der Waals surface area (Å²) in [6, 6.07) is 0.321. The van der Waals surface area contributed by atoms with Crippen LogP contribution in [-0.2, 0) is 9.53 Å². The van der Waals surface area contributed by atoms with Crippen molar-refractivity contribution in [3.05, 3.63) is 0 Å². The number of carbonyl (C=O) groups excluding carboxylic acids is 2. The maximum absolute atomic E-state index is 13.1. The minimum Gasteiger partial charge on any atom is -0.378 e. The molecule has 3 amide bonds. The van der Waals surface area contributed by atoms with E-state index in [1.807, 2.05) is 30.6 Å². The molecule has 0 radical (unpaired) electrons. The molecule has 1 saturated heterocycles. The fourth-order valence-electron chi connectivity index (χ4n) is 4.71. The number of amides is 3. The zero-order valence-corrected chi connectivity index (χ0v) is 17.1. The van der Waals surface area contributed by atoms with Gasteiger partial charge in [0.15, 0.2) is 0 Å². The van der Waals surface area contributed by atoms with Crippen molar-refractivity contribution in [1.82, 2.24) is 15.1 Å². The van der Waals surface area contributed by atoms with E-state index >= 15 is 0 Å². The fraction of sp³-hybridized carbons (Fsp3) is 0.900. The number of piperazine rings is 1. The van der Waals surface area contributed by atoms with E-state index in [0.717, 1.165) is 12.8 Å². The van der Waals surface area contributed by atoms with Gasteiger partial charge in [-0.15, -0.1) is 0 Å². The number of hydrogen-bond acceptors (Lipinski definition) is 4. The lowest BCUT2D eigenvalue weighted by Gasteiger charge is -2.59. The summed E-state index contributed by atoms with van der Waals surface area (Å²) in [5, 5.41) is 3.16. The third-order valence-electron chi connectivity index (χ3n) is 7.00. The molecule has 27 heavy (non-hydrogen) atoms. The van der Waals surface area contributed by atoms with Crippen LogP contribution in [0.4, 0.5) is 4.79 Å². The van der Waals surface area contributed by atoms with E-state index in [2.05, 4.69) is 5.32 Å². The fourth-order valence-corrected chi connectivity index (χ4v) is 4.71. The molecular formula is C20H36N4O3. The SMILES string of the molecule is CCOC1CC(N)(C(=O)N2CCN(C(=O)NC3CCCCC3)CC2)C1(C)C. The van der Waals surface area contributed by atoms with E-state index in [9.17, 15) is 9.59 Å². The molecule has 7 heteroatoms. The molecule has 1 aliphatic heterocycles. The number of nitrogens with zero attached hydrogens (tertiary/aromatic N) is 2. The van der Waals surface area contributed by atoms with Gasteiger partial charge in [0, 0.05) is 50.7 Å². The largest absolute Gasteiger partial charge is 0.378 e. The molecule has 1 heterocycles. The van der Waals surface area contributed by atoms with Crippen LogP contribution in [0.25, 0.3) is 0 Å². The summed E-state index contributed by atoms with van der Waals surface area (Å²) in [6.07, 6.45) is 6.42. The summed E-state index contributed by atoms with van der Waals surface area (Å²) in [6.45, 7) is 8.85. The van der Waals surface area contributed by atoms with Gasteiger partial charge in [-0.1, -0.05) is 33.1 Å². The molecule has 7 nitrogen and oxygen atoms in total.